The van der Waals surface area contributed by atoms with Gasteiger partial charge in [-0.1, -0.05) is 49.7 Å². The highest BCUT2D eigenvalue weighted by molar-refractivity contribution is 7.99. The second-order valence-electron chi connectivity index (χ2n) is 10.9. The van der Waals surface area contributed by atoms with Crippen molar-refractivity contribution in [3.8, 4) is 0 Å². The molecule has 1 heterocycles. The fourth-order valence-electron chi connectivity index (χ4n) is 4.98. The van der Waals surface area contributed by atoms with Gasteiger partial charge in [0, 0.05) is 47.7 Å². The topological polar surface area (TPSA) is 134 Å². The number of amides is 2. The van der Waals surface area contributed by atoms with Crippen molar-refractivity contribution in [3.05, 3.63) is 95.1 Å². The van der Waals surface area contributed by atoms with Crippen molar-refractivity contribution in [1.82, 2.24) is 5.32 Å². The molecular formula is C34H40N2O7S. The number of thioether (sulfide) groups is 1. The van der Waals surface area contributed by atoms with Gasteiger partial charge in [0.2, 0.25) is 11.8 Å². The normalized spacial score (nSPS) is 19.7. The number of unbranched alkanes of at least 4 members (excludes halogenated alkanes) is 2. The molecule has 0 radical (unpaired) electrons. The molecule has 0 aromatic heterocycles. The summed E-state index contributed by atoms with van der Waals surface area (Å²) in [7, 11) is 0. The fraction of sp³-hybridized carbons (Fsp3) is 0.382. The number of rotatable bonds is 14. The summed E-state index contributed by atoms with van der Waals surface area (Å²) in [5.41, 5.74) is 3.57. The number of aliphatic hydroxyl groups excluding tert-OH is 1. The molecular weight excluding hydrogens is 580 g/mol. The molecule has 1 aliphatic rings. The Morgan fingerprint density at radius 2 is 1.55 bits per heavy atom. The van der Waals surface area contributed by atoms with Crippen LogP contribution in [0, 0.1) is 5.92 Å². The number of ether oxygens (including phenoxy) is 2. The van der Waals surface area contributed by atoms with E-state index >= 15 is 0 Å². The summed E-state index contributed by atoms with van der Waals surface area (Å²) in [6.07, 6.45) is 1.78. The minimum atomic E-state index is -0.957. The monoisotopic (exact) mass is 620 g/mol. The average Bonchev–Trinajstić information content (AvgIpc) is 3.02. The molecule has 0 unspecified atom stereocenters. The number of nitrogens with one attached hydrogen (secondary N) is 2. The summed E-state index contributed by atoms with van der Waals surface area (Å²) < 4.78 is 13.0. The van der Waals surface area contributed by atoms with E-state index in [-0.39, 0.29) is 42.1 Å². The Kier molecular flexibility index (Phi) is 12.4. The molecule has 2 amide bonds. The Balaban J connectivity index is 1.40. The second-order valence-corrected chi connectivity index (χ2v) is 12.0. The number of carboxylic acid groups (broad SMARTS) is 1. The van der Waals surface area contributed by atoms with Crippen LogP contribution < -0.4 is 10.6 Å². The SMILES string of the molecule is CC(=O)NCCCCCC(=O)Nc1ccc([C@@H]2O[C@H](CSc3ccc(C(=O)O)cc3)[C@H](C)[C@H](c3ccc(CO)cc3)O2)cc1. The zero-order valence-corrected chi connectivity index (χ0v) is 25.8. The molecule has 0 aliphatic carbocycles. The van der Waals surface area contributed by atoms with Gasteiger partial charge in [0.05, 0.1) is 24.4 Å². The molecule has 234 valence electrons. The molecule has 9 nitrogen and oxygen atoms in total. The molecule has 44 heavy (non-hydrogen) atoms. The number of hydrogen-bond acceptors (Lipinski definition) is 7. The highest BCUT2D eigenvalue weighted by Crippen LogP contribution is 2.43. The molecule has 1 aliphatic heterocycles. The van der Waals surface area contributed by atoms with Crippen LogP contribution in [-0.4, -0.2) is 46.4 Å². The smallest absolute Gasteiger partial charge is 0.335 e. The molecule has 3 aromatic carbocycles. The summed E-state index contributed by atoms with van der Waals surface area (Å²) in [6, 6.07) is 22.0. The third kappa shape index (κ3) is 9.65. The molecule has 10 heteroatoms. The van der Waals surface area contributed by atoms with Gasteiger partial charge >= 0.3 is 5.97 Å². The molecule has 4 atom stereocenters. The van der Waals surface area contributed by atoms with E-state index in [0.29, 0.717) is 24.4 Å². The van der Waals surface area contributed by atoms with Gasteiger partial charge < -0.3 is 30.3 Å². The summed E-state index contributed by atoms with van der Waals surface area (Å²) in [5.74, 6) is -0.416. The fourth-order valence-corrected chi connectivity index (χ4v) is 6.05. The number of carboxylic acids is 1. The highest BCUT2D eigenvalue weighted by atomic mass is 32.2. The van der Waals surface area contributed by atoms with Crippen LogP contribution in [0.3, 0.4) is 0 Å². The van der Waals surface area contributed by atoms with Crippen molar-refractivity contribution in [1.29, 1.82) is 0 Å². The number of aromatic carboxylic acids is 1. The summed E-state index contributed by atoms with van der Waals surface area (Å²) in [4.78, 5) is 35.5. The second kappa shape index (κ2) is 16.4. The van der Waals surface area contributed by atoms with Gasteiger partial charge in [-0.2, -0.15) is 0 Å². The maximum Gasteiger partial charge on any atom is 0.335 e. The van der Waals surface area contributed by atoms with Crippen molar-refractivity contribution in [2.24, 2.45) is 5.92 Å². The zero-order valence-electron chi connectivity index (χ0n) is 25.0. The molecule has 4 N–H and O–H groups in total. The molecule has 3 aromatic rings. The summed E-state index contributed by atoms with van der Waals surface area (Å²) >= 11 is 1.60. The number of benzene rings is 3. The lowest BCUT2D eigenvalue weighted by molar-refractivity contribution is -0.268. The first-order valence-corrected chi connectivity index (χ1v) is 15.8. The van der Waals surface area contributed by atoms with Crippen LogP contribution in [0.1, 0.15) is 79.0 Å². The number of carbonyl (C=O) groups excluding carboxylic acids is 2. The van der Waals surface area contributed by atoms with E-state index in [1.54, 1.807) is 36.0 Å². The van der Waals surface area contributed by atoms with E-state index in [1.807, 2.05) is 48.5 Å². The third-order valence-electron chi connectivity index (χ3n) is 7.56. The zero-order chi connectivity index (χ0) is 31.5. The first-order chi connectivity index (χ1) is 21.2. The van der Waals surface area contributed by atoms with Crippen molar-refractivity contribution in [2.75, 3.05) is 17.6 Å². The van der Waals surface area contributed by atoms with Gasteiger partial charge in [-0.3, -0.25) is 9.59 Å². The van der Waals surface area contributed by atoms with Gasteiger partial charge in [-0.05, 0) is 60.4 Å². The van der Waals surface area contributed by atoms with Crippen LogP contribution in [-0.2, 0) is 25.7 Å². The third-order valence-corrected chi connectivity index (χ3v) is 8.66. The molecule has 0 saturated carbocycles. The van der Waals surface area contributed by atoms with E-state index in [2.05, 4.69) is 17.6 Å². The van der Waals surface area contributed by atoms with Crippen LogP contribution >= 0.6 is 11.8 Å². The van der Waals surface area contributed by atoms with E-state index in [9.17, 15) is 24.6 Å². The Labute approximate surface area is 262 Å². The van der Waals surface area contributed by atoms with Gasteiger partial charge in [0.25, 0.3) is 0 Å². The maximum atomic E-state index is 12.4. The van der Waals surface area contributed by atoms with Crippen LogP contribution in [0.15, 0.2) is 77.7 Å². The Bertz CT molecular complexity index is 1380. The first kappa shape index (κ1) is 33.2. The number of carbonyl (C=O) groups is 3. The van der Waals surface area contributed by atoms with Crippen molar-refractivity contribution in [2.45, 2.75) is 69.5 Å². The lowest BCUT2D eigenvalue weighted by Crippen LogP contribution is -2.38. The molecule has 4 rings (SSSR count). The van der Waals surface area contributed by atoms with Crippen LogP contribution in [0.5, 0.6) is 0 Å². The number of hydrogen-bond donors (Lipinski definition) is 4. The predicted molar refractivity (Wildman–Crippen MR) is 169 cm³/mol. The quantitative estimate of drug-likeness (QED) is 0.126. The predicted octanol–water partition coefficient (Wildman–Crippen LogP) is 6.10. The van der Waals surface area contributed by atoms with Crippen molar-refractivity contribution in [3.63, 3.8) is 0 Å². The van der Waals surface area contributed by atoms with E-state index in [4.69, 9.17) is 9.47 Å². The van der Waals surface area contributed by atoms with E-state index in [1.165, 1.54) is 6.92 Å². The molecule has 0 bridgehead atoms. The highest BCUT2D eigenvalue weighted by Gasteiger charge is 2.38. The minimum Gasteiger partial charge on any atom is -0.478 e. The number of aliphatic hydroxyl groups is 1. The minimum absolute atomic E-state index is 0.00817. The summed E-state index contributed by atoms with van der Waals surface area (Å²) in [5, 5.41) is 24.4. The lowest BCUT2D eigenvalue weighted by atomic mass is 9.91. The van der Waals surface area contributed by atoms with Crippen molar-refractivity contribution >= 4 is 35.2 Å². The van der Waals surface area contributed by atoms with Gasteiger partial charge in [0.15, 0.2) is 6.29 Å². The number of anilines is 1. The largest absolute Gasteiger partial charge is 0.478 e. The maximum absolute atomic E-state index is 12.4. The lowest BCUT2D eigenvalue weighted by Gasteiger charge is -2.41. The Hall–Kier alpha value is -3.70. The van der Waals surface area contributed by atoms with Gasteiger partial charge in [0.1, 0.15) is 0 Å². The molecule has 0 spiro atoms. The Morgan fingerprint density at radius 1 is 0.864 bits per heavy atom. The molecule has 1 fully saturated rings. The standard InChI is InChI=1S/C34H40N2O7S/c1-22-30(21-44-29-17-13-26(14-18-29)33(40)41)42-34(43-32(22)25-9-7-24(20-37)8-10-25)27-11-15-28(16-12-27)36-31(39)6-4-3-5-19-35-23(2)38/h7-18,22,30,32,34,37H,3-6,19-21H2,1-2H3,(H,35,38)(H,36,39)(H,40,41)/t22-,30+,32+,34+/m0/s1. The van der Waals surface area contributed by atoms with Crippen LogP contribution in [0.4, 0.5) is 5.69 Å². The first-order valence-electron chi connectivity index (χ1n) is 14.8. The van der Waals surface area contributed by atoms with Crippen LogP contribution in [0.25, 0.3) is 0 Å². The van der Waals surface area contributed by atoms with Gasteiger partial charge in [-0.25, -0.2) is 4.79 Å². The average molecular weight is 621 g/mol. The van der Waals surface area contributed by atoms with Gasteiger partial charge in [-0.15, -0.1) is 11.8 Å². The van der Waals surface area contributed by atoms with Crippen molar-refractivity contribution < 1.29 is 34.1 Å². The Morgan fingerprint density at radius 3 is 2.18 bits per heavy atom. The van der Waals surface area contributed by atoms with E-state index in [0.717, 1.165) is 40.8 Å². The van der Waals surface area contributed by atoms with E-state index < -0.39 is 12.3 Å². The molecule has 1 saturated heterocycles. The summed E-state index contributed by atoms with van der Waals surface area (Å²) in [6.45, 7) is 4.18. The van der Waals surface area contributed by atoms with Crippen LogP contribution in [0.2, 0.25) is 0 Å².